The van der Waals surface area contributed by atoms with Gasteiger partial charge in [0.25, 0.3) is 5.69 Å². The fourth-order valence-corrected chi connectivity index (χ4v) is 8.66. The number of para-hydroxylation sites is 1. The Hall–Kier alpha value is -8.44. The van der Waals surface area contributed by atoms with Gasteiger partial charge in [-0.05, 0) is 35.4 Å². The molecule has 0 spiro atoms. The Bertz CT molecular complexity index is 3350. The molecule has 0 fully saturated rings. The number of pyridine rings is 1. The topological polar surface area (TPSA) is 30.2 Å². The van der Waals surface area contributed by atoms with Crippen LogP contribution in [0.1, 0.15) is 16.1 Å². The summed E-state index contributed by atoms with van der Waals surface area (Å²) in [7, 11) is 0. The third kappa shape index (κ3) is 8.59. The second kappa shape index (κ2) is 20.1. The Kier molecular flexibility index (Phi) is 14.2. The summed E-state index contributed by atoms with van der Waals surface area (Å²) in [5, 5.41) is 1.08. The van der Waals surface area contributed by atoms with E-state index >= 15 is 35.1 Å². The minimum atomic E-state index is -7.22. The minimum Gasteiger partial charge on any atom is -0.419 e. The number of nitrogens with zero attached hydrogens (tertiary/aromatic N) is 1. The van der Waals surface area contributed by atoms with Gasteiger partial charge in [-0.3, -0.25) is 0 Å². The van der Waals surface area contributed by atoms with Gasteiger partial charge in [0.1, 0.15) is 58.4 Å². The molecule has 0 radical (unpaired) electrons. The maximum absolute atomic E-state index is 15.4. The summed E-state index contributed by atoms with van der Waals surface area (Å²) in [6.45, 7) is 0.589. The van der Waals surface area contributed by atoms with Crippen LogP contribution in [0.3, 0.4) is 0 Å². The van der Waals surface area contributed by atoms with Crippen molar-refractivity contribution in [1.29, 1.82) is 0 Å². The van der Waals surface area contributed by atoms with Crippen LogP contribution in [0.2, 0.25) is 0 Å². The number of halogens is 20. The second-order valence-corrected chi connectivity index (χ2v) is 16.1. The lowest BCUT2D eigenvalue weighted by Gasteiger charge is -2.44. The van der Waals surface area contributed by atoms with Crippen LogP contribution in [0.15, 0.2) is 109 Å². The zero-order valence-electron chi connectivity index (χ0n) is 36.5. The molecule has 3 nitrogen and oxygen atoms in total. The van der Waals surface area contributed by atoms with Crippen LogP contribution >= 0.6 is 0 Å². The Morgan fingerprint density at radius 1 is 0.360 bits per heavy atom. The van der Waals surface area contributed by atoms with Crippen LogP contribution in [0, 0.1) is 116 Å². The molecule has 0 saturated heterocycles. The van der Waals surface area contributed by atoms with E-state index in [4.69, 9.17) is 4.74 Å². The normalized spacial score (nSPS) is 11.6. The first-order valence-corrected chi connectivity index (χ1v) is 20.9. The van der Waals surface area contributed by atoms with Crippen molar-refractivity contribution in [2.24, 2.45) is 0 Å². The lowest BCUT2D eigenvalue weighted by molar-refractivity contribution is -0.664. The quantitative estimate of drug-likeness (QED) is 0.0379. The highest BCUT2D eigenvalue weighted by atomic mass is 19.2. The monoisotopic (exact) mass is 1070 g/mol. The van der Waals surface area contributed by atoms with Gasteiger partial charge in [-0.25, -0.2) is 92.6 Å². The number of esters is 1. The number of carbonyl (C=O) groups excluding carboxylic acids is 1. The Morgan fingerprint density at radius 3 is 1.03 bits per heavy atom. The molecule has 7 aromatic rings. The molecule has 0 aliphatic heterocycles. The molecular formula is C51H20BF20NO2. The van der Waals surface area contributed by atoms with Gasteiger partial charge in [0.2, 0.25) is 5.52 Å². The summed E-state index contributed by atoms with van der Waals surface area (Å²) in [6.07, 6.45) is -7.22. The van der Waals surface area contributed by atoms with E-state index in [1.165, 1.54) is 0 Å². The maximum atomic E-state index is 15.4. The molecule has 2 aliphatic carbocycles. The Morgan fingerprint density at radius 2 is 0.667 bits per heavy atom. The molecule has 2 aliphatic rings. The molecule has 24 heteroatoms. The third-order valence-electron chi connectivity index (χ3n) is 12.0. The summed E-state index contributed by atoms with van der Waals surface area (Å²) in [6, 6.07) is 35.8. The molecule has 0 amide bonds. The molecule has 1 aromatic heterocycles. The standard InChI is InChI=1S/C27H20NO2.C24BF20/c29-27(30-24-17-22-12-5-2-6-13-23(22)18-24)26-16-15-21-11-7-8-14-25(21)28(26)19-20-9-3-1-4-10-20;26-5-1(6(27)14(35)21(42)13(5)34)25(2-7(28)15(36)22(43)16(37)8(2)29,3-9(30)17(38)23(44)18(39)10(3)31)4-11(32)19(40)24(45)20(41)12(4)33/h1-18H,19H2;/q+1;-1. The molecule has 0 saturated carbocycles. The number of carbonyl (C=O) groups is 1. The van der Waals surface area contributed by atoms with Crippen molar-refractivity contribution in [3.05, 3.63) is 237 Å². The third-order valence-corrected chi connectivity index (χ3v) is 12.0. The van der Waals surface area contributed by atoms with E-state index in [1.807, 2.05) is 95.6 Å². The average molecular weight is 1070 g/mol. The summed E-state index contributed by atoms with van der Waals surface area (Å²) in [5.41, 5.74) is -9.61. The van der Waals surface area contributed by atoms with Crippen molar-refractivity contribution in [3.8, 4) is 16.9 Å². The van der Waals surface area contributed by atoms with Gasteiger partial charge in [-0.1, -0.05) is 72.8 Å². The number of hydrogen-bond acceptors (Lipinski definition) is 2. The zero-order chi connectivity index (χ0) is 54.7. The lowest BCUT2D eigenvalue weighted by atomic mass is 9.12. The van der Waals surface area contributed by atoms with E-state index in [0.29, 0.717) is 18.0 Å². The smallest absolute Gasteiger partial charge is 0.409 e. The predicted molar refractivity (Wildman–Crippen MR) is 227 cm³/mol. The van der Waals surface area contributed by atoms with Gasteiger partial charge in [-0.15, -0.1) is 21.9 Å². The first kappa shape index (κ1) is 52.9. The first-order chi connectivity index (χ1) is 35.5. The number of rotatable bonds is 8. The number of hydrogen-bond donors (Lipinski definition) is 0. The van der Waals surface area contributed by atoms with Gasteiger partial charge >= 0.3 is 5.97 Å². The fourth-order valence-electron chi connectivity index (χ4n) is 8.66. The molecule has 384 valence electrons. The van der Waals surface area contributed by atoms with E-state index in [-0.39, 0.29) is 5.97 Å². The van der Waals surface area contributed by atoms with E-state index < -0.39 is 144 Å². The van der Waals surface area contributed by atoms with Gasteiger partial charge in [-0.2, -0.15) is 4.57 Å². The van der Waals surface area contributed by atoms with E-state index in [0.717, 1.165) is 27.6 Å². The average Bonchev–Trinajstić information content (AvgIpc) is 3.65. The predicted octanol–water partition coefficient (Wildman–Crippen LogP) is 11.3. The second-order valence-electron chi connectivity index (χ2n) is 16.1. The molecule has 75 heavy (non-hydrogen) atoms. The number of aromatic nitrogens is 1. The summed E-state index contributed by atoms with van der Waals surface area (Å²) in [5.74, 6) is -71.2. The largest absolute Gasteiger partial charge is 0.419 e. The van der Waals surface area contributed by atoms with Gasteiger partial charge in [0.15, 0.2) is 76.4 Å². The van der Waals surface area contributed by atoms with Crippen LogP contribution in [0.25, 0.3) is 22.0 Å². The molecule has 9 rings (SSSR count). The number of ether oxygens (including phenoxy) is 1. The maximum Gasteiger partial charge on any atom is 0.409 e. The van der Waals surface area contributed by atoms with Crippen LogP contribution in [0.5, 0.6) is 5.75 Å². The van der Waals surface area contributed by atoms with Crippen LogP contribution in [0.4, 0.5) is 87.8 Å². The fraction of sp³-hybridized carbons (Fsp3) is 0.0196. The molecule has 0 unspecified atom stereocenters. The van der Waals surface area contributed by atoms with E-state index in [2.05, 4.69) is 18.2 Å². The SMILES string of the molecule is Fc1c(F)c(F)c([B-](c2c(F)c(F)c(F)c(F)c2F)(c2c(F)c(F)c(F)c(F)c2F)c2c(F)c(F)c(F)c(F)c2F)c(F)c1F.O=C(Oc1cc2cccccc-2c1)c1ccc2ccccc2[n+]1Cc1ccccc1. The highest BCUT2D eigenvalue weighted by Gasteiger charge is 2.52. The molecule has 0 atom stereocenters. The lowest BCUT2D eigenvalue weighted by Crippen LogP contribution is -2.81. The Labute approximate surface area is 406 Å². The first-order valence-electron chi connectivity index (χ1n) is 20.9. The summed E-state index contributed by atoms with van der Waals surface area (Å²) >= 11 is 0. The number of fused-ring (bicyclic) bond motifs is 2. The molecule has 6 aromatic carbocycles. The molecular weight excluding hydrogens is 1050 g/mol. The highest BCUT2D eigenvalue weighted by Crippen LogP contribution is 2.32. The van der Waals surface area contributed by atoms with Crippen LogP contribution in [-0.2, 0) is 6.54 Å². The highest BCUT2D eigenvalue weighted by molar-refractivity contribution is 7.20. The molecule has 0 N–H and O–H groups in total. The van der Waals surface area contributed by atoms with Gasteiger partial charge < -0.3 is 4.74 Å². The van der Waals surface area contributed by atoms with Crippen molar-refractivity contribution in [1.82, 2.24) is 0 Å². The Balaban J connectivity index is 0.000000215. The number of benzene rings is 6. The van der Waals surface area contributed by atoms with E-state index in [1.54, 1.807) is 0 Å². The van der Waals surface area contributed by atoms with Crippen LogP contribution in [-0.4, -0.2) is 12.1 Å². The molecule has 1 heterocycles. The van der Waals surface area contributed by atoms with Crippen molar-refractivity contribution in [3.63, 3.8) is 0 Å². The van der Waals surface area contributed by atoms with Gasteiger partial charge in [0.05, 0.1) is 0 Å². The molecule has 0 bridgehead atoms. The van der Waals surface area contributed by atoms with Gasteiger partial charge in [0, 0.05) is 23.1 Å². The van der Waals surface area contributed by atoms with Crippen molar-refractivity contribution in [2.75, 3.05) is 0 Å². The van der Waals surface area contributed by atoms with Crippen molar-refractivity contribution >= 4 is 44.9 Å². The summed E-state index contributed by atoms with van der Waals surface area (Å²) < 4.78 is 302. The van der Waals surface area contributed by atoms with Crippen molar-refractivity contribution in [2.45, 2.75) is 6.54 Å². The summed E-state index contributed by atoms with van der Waals surface area (Å²) in [4.78, 5) is 13.2. The minimum absolute atomic E-state index is 0.364. The van der Waals surface area contributed by atoms with E-state index in [9.17, 15) is 57.5 Å². The van der Waals surface area contributed by atoms with Crippen molar-refractivity contribution < 1.29 is 102 Å². The van der Waals surface area contributed by atoms with Crippen LogP contribution < -0.4 is 31.2 Å². The zero-order valence-corrected chi connectivity index (χ0v) is 36.5.